The molecule has 1 aliphatic carbocycles. The highest BCUT2D eigenvalue weighted by Crippen LogP contribution is 2.32. The molecule has 0 radical (unpaired) electrons. The van der Waals surface area contributed by atoms with Gasteiger partial charge in [-0.05, 0) is 55.5 Å². The molecule has 1 saturated carbocycles. The molecule has 42 heavy (non-hydrogen) atoms. The van der Waals surface area contributed by atoms with Gasteiger partial charge in [-0.15, -0.1) is 0 Å². The Morgan fingerprint density at radius 2 is 1.76 bits per heavy atom. The second-order valence-electron chi connectivity index (χ2n) is 10.8. The van der Waals surface area contributed by atoms with Gasteiger partial charge in [-0.1, -0.05) is 45.2 Å². The molecular weight excluding hydrogens is 554 g/mol. The number of hydrogen-bond acceptors (Lipinski definition) is 4. The van der Waals surface area contributed by atoms with Gasteiger partial charge in [0.2, 0.25) is 5.43 Å². The Balaban J connectivity index is 1.77. The molecule has 226 valence electrons. The predicted octanol–water partition coefficient (Wildman–Crippen LogP) is 7.21. The minimum atomic E-state index is -4.68. The Hall–Kier alpha value is -3.89. The molecule has 1 unspecified atom stereocenters. The van der Waals surface area contributed by atoms with E-state index in [9.17, 15) is 32.7 Å². The summed E-state index contributed by atoms with van der Waals surface area (Å²) < 4.78 is 57.0. The third kappa shape index (κ3) is 6.94. The Kier molecular flexibility index (Phi) is 9.58. The lowest BCUT2D eigenvalue weighted by molar-refractivity contribution is -0.138. The van der Waals surface area contributed by atoms with Crippen LogP contribution in [0.1, 0.15) is 98.8 Å². The van der Waals surface area contributed by atoms with Crippen molar-refractivity contribution in [1.29, 1.82) is 0 Å². The maximum absolute atomic E-state index is 15.3. The highest BCUT2D eigenvalue weighted by atomic mass is 19.4. The summed E-state index contributed by atoms with van der Waals surface area (Å²) in [6.45, 7) is 3.89. The largest absolute Gasteiger partial charge is 0.481 e. The van der Waals surface area contributed by atoms with Gasteiger partial charge in [0.15, 0.2) is 0 Å². The van der Waals surface area contributed by atoms with Crippen LogP contribution in [0.5, 0.6) is 0 Å². The predicted molar refractivity (Wildman–Crippen MR) is 152 cm³/mol. The molecule has 1 aromatic heterocycles. The first-order valence-electron chi connectivity index (χ1n) is 14.3. The number of nitrogens with zero attached hydrogens (tertiary/aromatic N) is 1. The first kappa shape index (κ1) is 31.1. The van der Waals surface area contributed by atoms with Crippen molar-refractivity contribution < 1.29 is 32.3 Å². The van der Waals surface area contributed by atoms with Crippen LogP contribution < -0.4 is 16.1 Å². The lowest BCUT2D eigenvalue weighted by atomic mass is 9.95. The molecule has 1 fully saturated rings. The number of amides is 1. The maximum Gasteiger partial charge on any atom is 0.416 e. The van der Waals surface area contributed by atoms with Crippen molar-refractivity contribution in [1.82, 2.24) is 9.88 Å². The molecular formula is C31H35F4N3O4. The molecule has 7 nitrogen and oxygen atoms in total. The third-order valence-corrected chi connectivity index (χ3v) is 7.97. The van der Waals surface area contributed by atoms with Gasteiger partial charge in [-0.2, -0.15) is 13.2 Å². The van der Waals surface area contributed by atoms with E-state index >= 15 is 4.39 Å². The van der Waals surface area contributed by atoms with Crippen molar-refractivity contribution in [2.24, 2.45) is 0 Å². The molecule has 0 saturated heterocycles. The van der Waals surface area contributed by atoms with E-state index in [1.807, 2.05) is 13.8 Å². The maximum atomic E-state index is 15.3. The van der Waals surface area contributed by atoms with Crippen LogP contribution in [0.25, 0.3) is 10.9 Å². The number of aromatic nitrogens is 1. The Morgan fingerprint density at radius 3 is 2.38 bits per heavy atom. The topological polar surface area (TPSA) is 100 Å². The fraction of sp³-hybridized carbons (Fsp3) is 0.452. The molecule has 1 aliphatic rings. The first-order chi connectivity index (χ1) is 19.9. The molecule has 1 atom stereocenters. The van der Waals surface area contributed by atoms with Crippen LogP contribution in [0.2, 0.25) is 0 Å². The molecule has 2 aromatic carbocycles. The van der Waals surface area contributed by atoms with Gasteiger partial charge in [0.1, 0.15) is 11.4 Å². The lowest BCUT2D eigenvalue weighted by Gasteiger charge is -2.26. The standard InChI is InChI=1S/C31H35F4N3O4/c1-3-21(4-2)38-17-23(29(41)22-14-24(32)26(15-27(22)38)36-20-11-6-5-7-12-20)30(42)37-25(16-28(39)40)18-9-8-10-19(13-18)31(33,34)35/h8-10,13-15,17,20-21,25,36H,3-7,11-12,16H2,1-2H3,(H,37,42)(H,39,40). The van der Waals surface area contributed by atoms with Crippen molar-refractivity contribution in [3.05, 3.63) is 75.3 Å². The number of alkyl halides is 3. The van der Waals surface area contributed by atoms with Crippen molar-refractivity contribution in [2.75, 3.05) is 5.32 Å². The lowest BCUT2D eigenvalue weighted by Crippen LogP contribution is -2.34. The number of rotatable bonds is 10. The van der Waals surface area contributed by atoms with Gasteiger partial charge in [0, 0.05) is 23.7 Å². The number of carboxylic acid groups (broad SMARTS) is 1. The van der Waals surface area contributed by atoms with E-state index in [4.69, 9.17) is 0 Å². The quantitative estimate of drug-likeness (QED) is 0.217. The van der Waals surface area contributed by atoms with Crippen LogP contribution in [0, 0.1) is 5.82 Å². The SMILES string of the molecule is CCC(CC)n1cc(C(=O)NC(CC(=O)O)c2cccc(C(F)(F)F)c2)c(=O)c2cc(F)c(NC3CCCCC3)cc21. The summed E-state index contributed by atoms with van der Waals surface area (Å²) >= 11 is 0. The molecule has 3 aromatic rings. The van der Waals surface area contributed by atoms with E-state index in [0.29, 0.717) is 18.4 Å². The van der Waals surface area contributed by atoms with Gasteiger partial charge >= 0.3 is 12.1 Å². The van der Waals surface area contributed by atoms with Gasteiger partial charge in [-0.25, -0.2) is 4.39 Å². The second kappa shape index (κ2) is 13.0. The van der Waals surface area contributed by atoms with E-state index in [1.165, 1.54) is 12.3 Å². The van der Waals surface area contributed by atoms with E-state index < -0.39 is 47.3 Å². The zero-order chi connectivity index (χ0) is 30.6. The summed E-state index contributed by atoms with van der Waals surface area (Å²) in [4.78, 5) is 38.6. The number of carbonyl (C=O) groups excluding carboxylic acids is 1. The van der Waals surface area contributed by atoms with Gasteiger partial charge < -0.3 is 20.3 Å². The second-order valence-corrected chi connectivity index (χ2v) is 10.8. The number of halogens is 4. The Labute approximate surface area is 240 Å². The first-order valence-corrected chi connectivity index (χ1v) is 14.3. The van der Waals surface area contributed by atoms with E-state index in [-0.39, 0.29) is 34.3 Å². The minimum absolute atomic E-state index is 0.0184. The number of anilines is 1. The molecule has 0 spiro atoms. The minimum Gasteiger partial charge on any atom is -0.481 e. The molecule has 1 amide bonds. The van der Waals surface area contributed by atoms with E-state index in [2.05, 4.69) is 10.6 Å². The Bertz CT molecular complexity index is 1510. The number of carbonyl (C=O) groups is 2. The van der Waals surface area contributed by atoms with Crippen molar-refractivity contribution in [3.63, 3.8) is 0 Å². The van der Waals surface area contributed by atoms with Gasteiger partial charge in [0.25, 0.3) is 5.91 Å². The highest BCUT2D eigenvalue weighted by molar-refractivity contribution is 5.98. The summed E-state index contributed by atoms with van der Waals surface area (Å²) in [5, 5.41) is 15.1. The zero-order valence-electron chi connectivity index (χ0n) is 23.6. The van der Waals surface area contributed by atoms with Gasteiger partial charge in [-0.3, -0.25) is 14.4 Å². The number of aliphatic carboxylic acids is 1. The number of nitrogens with one attached hydrogen (secondary N) is 2. The number of benzene rings is 2. The average molecular weight is 590 g/mol. The zero-order valence-corrected chi connectivity index (χ0v) is 23.6. The van der Waals surface area contributed by atoms with Crippen LogP contribution in [0.3, 0.4) is 0 Å². The molecule has 4 rings (SSSR count). The van der Waals surface area contributed by atoms with Crippen LogP contribution in [0.15, 0.2) is 47.4 Å². The summed E-state index contributed by atoms with van der Waals surface area (Å²) in [6, 6.07) is 5.33. The molecule has 0 bridgehead atoms. The Morgan fingerprint density at radius 1 is 1.07 bits per heavy atom. The van der Waals surface area contributed by atoms with Crippen LogP contribution >= 0.6 is 0 Å². The number of fused-ring (bicyclic) bond motifs is 1. The summed E-state index contributed by atoms with van der Waals surface area (Å²) in [5.74, 6) is -2.95. The summed E-state index contributed by atoms with van der Waals surface area (Å²) in [5.41, 5.74) is -1.47. The van der Waals surface area contributed by atoms with E-state index in [1.54, 1.807) is 10.6 Å². The molecule has 0 aliphatic heterocycles. The number of pyridine rings is 1. The average Bonchev–Trinajstić information content (AvgIpc) is 2.95. The van der Waals surface area contributed by atoms with Crippen LogP contribution in [-0.2, 0) is 11.0 Å². The highest BCUT2D eigenvalue weighted by Gasteiger charge is 2.32. The smallest absolute Gasteiger partial charge is 0.416 e. The molecule has 3 N–H and O–H groups in total. The number of hydrogen-bond donors (Lipinski definition) is 3. The molecule has 11 heteroatoms. The third-order valence-electron chi connectivity index (χ3n) is 7.97. The van der Waals surface area contributed by atoms with E-state index in [0.717, 1.165) is 56.4 Å². The van der Waals surface area contributed by atoms with Gasteiger partial charge in [0.05, 0.1) is 29.2 Å². The number of carboxylic acids is 1. The van der Waals surface area contributed by atoms with Crippen LogP contribution in [-0.4, -0.2) is 27.6 Å². The van der Waals surface area contributed by atoms with Crippen LogP contribution in [0.4, 0.5) is 23.2 Å². The normalized spacial score (nSPS) is 15.1. The monoisotopic (exact) mass is 589 g/mol. The fourth-order valence-corrected chi connectivity index (χ4v) is 5.69. The van der Waals surface area contributed by atoms with Crippen molar-refractivity contribution >= 4 is 28.5 Å². The fourth-order valence-electron chi connectivity index (χ4n) is 5.69. The summed E-state index contributed by atoms with van der Waals surface area (Å²) in [6.07, 6.45) is 2.34. The summed E-state index contributed by atoms with van der Waals surface area (Å²) in [7, 11) is 0. The van der Waals surface area contributed by atoms with Crippen molar-refractivity contribution in [2.45, 2.75) is 89.5 Å². The molecule has 1 heterocycles. The van der Waals surface area contributed by atoms with Crippen molar-refractivity contribution in [3.8, 4) is 0 Å².